The molecule has 8 heteroatoms. The van der Waals surface area contributed by atoms with Crippen LogP contribution < -0.4 is 5.11 Å². The van der Waals surface area contributed by atoms with Gasteiger partial charge in [0.05, 0.1) is 16.9 Å². The molecule has 0 radical (unpaired) electrons. The fraction of sp³-hybridized carbons (Fsp3) is 0.357. The number of carboxylic acids is 1. The molecule has 1 aliphatic rings. The van der Waals surface area contributed by atoms with E-state index in [4.69, 9.17) is 16.6 Å². The highest BCUT2D eigenvalue weighted by Crippen LogP contribution is 2.34. The molecule has 1 fully saturated rings. The van der Waals surface area contributed by atoms with Crippen LogP contribution in [0.25, 0.3) is 6.08 Å². The van der Waals surface area contributed by atoms with Gasteiger partial charge >= 0.3 is 0 Å². The van der Waals surface area contributed by atoms with Crippen molar-refractivity contribution in [3.05, 3.63) is 28.6 Å². The summed E-state index contributed by atoms with van der Waals surface area (Å²) in [5.74, 6) is 0.160. The van der Waals surface area contributed by atoms with Crippen LogP contribution in [0.3, 0.4) is 0 Å². The lowest BCUT2D eigenvalue weighted by atomic mass is 10.2. The van der Waals surface area contributed by atoms with Crippen molar-refractivity contribution >= 4 is 58.0 Å². The maximum absolute atomic E-state index is 12.4. The van der Waals surface area contributed by atoms with Crippen LogP contribution in [0.2, 0.25) is 0 Å². The summed E-state index contributed by atoms with van der Waals surface area (Å²) in [5, 5.41) is 11.3. The number of amides is 1. The molecular weight excluding hydrogens is 342 g/mol. The van der Waals surface area contributed by atoms with Crippen molar-refractivity contribution in [2.24, 2.45) is 0 Å². The number of hydrogen-bond donors (Lipinski definition) is 0. The molecule has 1 aromatic heterocycles. The van der Waals surface area contributed by atoms with Gasteiger partial charge in [0.1, 0.15) is 15.8 Å². The van der Waals surface area contributed by atoms with E-state index < -0.39 is 17.9 Å². The predicted molar refractivity (Wildman–Crippen MR) is 90.3 cm³/mol. The molecular formula is C14H14NO4S3-. The number of aryl methyl sites for hydroxylation is 1. The number of thioether (sulfide) groups is 2. The lowest BCUT2D eigenvalue weighted by molar-refractivity contribution is -0.310. The average Bonchev–Trinajstić information content (AvgIpc) is 2.97. The molecule has 1 amide bonds. The summed E-state index contributed by atoms with van der Waals surface area (Å²) < 4.78 is 5.63. The number of carboxylic acid groups (broad SMARTS) is 1. The van der Waals surface area contributed by atoms with Gasteiger partial charge in [-0.3, -0.25) is 9.69 Å². The first-order valence-corrected chi connectivity index (χ1v) is 9.09. The zero-order valence-electron chi connectivity index (χ0n) is 12.0. The fourth-order valence-electron chi connectivity index (χ4n) is 1.99. The zero-order valence-corrected chi connectivity index (χ0v) is 14.5. The van der Waals surface area contributed by atoms with E-state index in [2.05, 4.69) is 0 Å². The molecule has 118 valence electrons. The quantitative estimate of drug-likeness (QED) is 0.567. The lowest BCUT2D eigenvalue weighted by Crippen LogP contribution is -2.50. The minimum absolute atomic E-state index is 0.231. The van der Waals surface area contributed by atoms with Crippen LogP contribution >= 0.6 is 35.7 Å². The van der Waals surface area contributed by atoms with Crippen molar-refractivity contribution in [3.8, 4) is 0 Å². The third-order valence-corrected chi connectivity index (χ3v) is 5.01. The Kier molecular flexibility index (Phi) is 5.71. The standard InChI is InChI=1S/C14H15NO4S3/c1-8-3-4-9(19-8)7-11-12(16)15(14(20)22-11)10(13(17)18)5-6-21-2/h3-4,7,10H,5-6H2,1-2H3,(H,17,18)/p-1/b11-7+/t10-/m1/s1. The van der Waals surface area contributed by atoms with Gasteiger partial charge in [0.25, 0.3) is 5.91 Å². The highest BCUT2D eigenvalue weighted by atomic mass is 32.2. The summed E-state index contributed by atoms with van der Waals surface area (Å²) in [6.07, 6.45) is 3.74. The summed E-state index contributed by atoms with van der Waals surface area (Å²) in [6, 6.07) is 2.49. The number of thiocarbonyl (C=S) groups is 1. The zero-order chi connectivity index (χ0) is 16.3. The van der Waals surface area contributed by atoms with Gasteiger partial charge in [-0.25, -0.2) is 0 Å². The number of aliphatic carboxylic acids is 1. The number of carbonyl (C=O) groups is 2. The molecule has 22 heavy (non-hydrogen) atoms. The lowest BCUT2D eigenvalue weighted by Gasteiger charge is -2.27. The number of hydrogen-bond acceptors (Lipinski definition) is 7. The molecule has 0 bridgehead atoms. The van der Waals surface area contributed by atoms with Crippen LogP contribution in [0.5, 0.6) is 0 Å². The van der Waals surface area contributed by atoms with Crippen molar-refractivity contribution in [1.82, 2.24) is 4.90 Å². The molecule has 0 aliphatic carbocycles. The van der Waals surface area contributed by atoms with Crippen molar-refractivity contribution in [2.45, 2.75) is 19.4 Å². The van der Waals surface area contributed by atoms with Crippen molar-refractivity contribution in [1.29, 1.82) is 0 Å². The molecule has 0 N–H and O–H groups in total. The van der Waals surface area contributed by atoms with E-state index in [-0.39, 0.29) is 4.32 Å². The second-order valence-corrected chi connectivity index (χ2v) is 7.28. The van der Waals surface area contributed by atoms with E-state index in [0.29, 0.717) is 22.8 Å². The molecule has 1 atom stereocenters. The summed E-state index contributed by atoms with van der Waals surface area (Å²) in [6.45, 7) is 1.80. The fourth-order valence-corrected chi connectivity index (χ4v) is 3.79. The molecule has 0 saturated carbocycles. The Morgan fingerprint density at radius 3 is 2.86 bits per heavy atom. The first-order valence-electron chi connectivity index (χ1n) is 6.47. The summed E-state index contributed by atoms with van der Waals surface area (Å²) in [7, 11) is 0. The van der Waals surface area contributed by atoms with Crippen LogP contribution in [-0.2, 0) is 9.59 Å². The highest BCUT2D eigenvalue weighted by Gasteiger charge is 2.37. The number of furan rings is 1. The van der Waals surface area contributed by atoms with E-state index >= 15 is 0 Å². The molecule has 1 aliphatic heterocycles. The highest BCUT2D eigenvalue weighted by molar-refractivity contribution is 8.26. The molecule has 2 rings (SSSR count). The Balaban J connectivity index is 2.23. The van der Waals surface area contributed by atoms with Gasteiger partial charge in [-0.2, -0.15) is 11.8 Å². The minimum Gasteiger partial charge on any atom is -0.548 e. The van der Waals surface area contributed by atoms with E-state index in [1.165, 1.54) is 11.8 Å². The van der Waals surface area contributed by atoms with Gasteiger partial charge in [-0.05, 0) is 37.5 Å². The second kappa shape index (κ2) is 7.34. The van der Waals surface area contributed by atoms with E-state index in [1.54, 1.807) is 25.1 Å². The Morgan fingerprint density at radius 2 is 2.32 bits per heavy atom. The topological polar surface area (TPSA) is 73.6 Å². The maximum atomic E-state index is 12.4. The molecule has 0 unspecified atom stereocenters. The monoisotopic (exact) mass is 356 g/mol. The normalized spacial score (nSPS) is 18.3. The van der Waals surface area contributed by atoms with Gasteiger partial charge in [0.15, 0.2) is 0 Å². The largest absolute Gasteiger partial charge is 0.548 e. The molecule has 1 saturated heterocycles. The van der Waals surface area contributed by atoms with Crippen molar-refractivity contribution in [2.75, 3.05) is 12.0 Å². The Hall–Kier alpha value is -1.25. The van der Waals surface area contributed by atoms with E-state index in [0.717, 1.165) is 22.4 Å². The number of carbonyl (C=O) groups excluding carboxylic acids is 2. The van der Waals surface area contributed by atoms with Crippen molar-refractivity contribution in [3.63, 3.8) is 0 Å². The maximum Gasteiger partial charge on any atom is 0.266 e. The van der Waals surface area contributed by atoms with E-state index in [9.17, 15) is 14.7 Å². The summed E-state index contributed by atoms with van der Waals surface area (Å²) in [4.78, 5) is 25.3. The van der Waals surface area contributed by atoms with Crippen molar-refractivity contribution < 1.29 is 19.1 Å². The smallest absolute Gasteiger partial charge is 0.266 e. The minimum atomic E-state index is -1.29. The van der Waals surface area contributed by atoms with Gasteiger partial charge in [-0.15, -0.1) is 0 Å². The van der Waals surface area contributed by atoms with Crippen LogP contribution in [-0.4, -0.2) is 39.1 Å². The molecule has 2 heterocycles. The first kappa shape index (κ1) is 17.1. The molecule has 0 spiro atoms. The average molecular weight is 356 g/mol. The number of rotatable bonds is 6. The Labute approximate surface area is 142 Å². The second-order valence-electron chi connectivity index (χ2n) is 4.62. The summed E-state index contributed by atoms with van der Waals surface area (Å²) in [5.41, 5.74) is 0. The molecule has 5 nitrogen and oxygen atoms in total. The van der Waals surface area contributed by atoms with Gasteiger partial charge in [0.2, 0.25) is 0 Å². The molecule has 1 aromatic rings. The summed E-state index contributed by atoms with van der Waals surface area (Å²) >= 11 is 7.74. The Morgan fingerprint density at radius 1 is 1.59 bits per heavy atom. The van der Waals surface area contributed by atoms with Crippen LogP contribution in [0, 0.1) is 6.92 Å². The third kappa shape index (κ3) is 3.74. The van der Waals surface area contributed by atoms with Crippen LogP contribution in [0.15, 0.2) is 21.5 Å². The predicted octanol–water partition coefficient (Wildman–Crippen LogP) is 1.66. The molecule has 0 aromatic carbocycles. The SMILES string of the molecule is CSCC[C@H](C(=O)[O-])N1C(=O)/C(=C\c2ccc(C)o2)SC1=S. The number of nitrogens with zero attached hydrogens (tertiary/aromatic N) is 1. The van der Waals surface area contributed by atoms with Gasteiger partial charge < -0.3 is 14.3 Å². The first-order chi connectivity index (χ1) is 10.4. The van der Waals surface area contributed by atoms with Gasteiger partial charge in [-0.1, -0.05) is 24.0 Å². The third-order valence-electron chi connectivity index (χ3n) is 3.04. The van der Waals surface area contributed by atoms with Gasteiger partial charge in [0, 0.05) is 6.08 Å². The van der Waals surface area contributed by atoms with Crippen LogP contribution in [0.4, 0.5) is 0 Å². The van der Waals surface area contributed by atoms with E-state index in [1.807, 2.05) is 6.26 Å². The van der Waals surface area contributed by atoms with Crippen LogP contribution in [0.1, 0.15) is 17.9 Å². The Bertz CT molecular complexity index is 638.